The third-order valence-corrected chi connectivity index (χ3v) is 5.02. The van der Waals surface area contributed by atoms with Gasteiger partial charge in [-0.3, -0.25) is 4.79 Å². The van der Waals surface area contributed by atoms with Crippen LogP contribution in [-0.4, -0.2) is 30.3 Å². The number of aryl methyl sites for hydroxylation is 2. The van der Waals surface area contributed by atoms with Gasteiger partial charge in [-0.25, -0.2) is 4.79 Å². The molecule has 3 aromatic rings. The van der Waals surface area contributed by atoms with Gasteiger partial charge in [-0.2, -0.15) is 0 Å². The Morgan fingerprint density at radius 2 is 1.93 bits per heavy atom. The molecule has 1 aromatic heterocycles. The van der Waals surface area contributed by atoms with Gasteiger partial charge in [0, 0.05) is 25.1 Å². The molecule has 0 bridgehead atoms. The van der Waals surface area contributed by atoms with Crippen LogP contribution in [0.15, 0.2) is 51.7 Å². The highest BCUT2D eigenvalue weighted by atomic mass is 16.5. The van der Waals surface area contributed by atoms with Crippen LogP contribution in [0.1, 0.15) is 35.6 Å². The summed E-state index contributed by atoms with van der Waals surface area (Å²) in [6.45, 7) is 5.83. The zero-order chi connectivity index (χ0) is 21.7. The van der Waals surface area contributed by atoms with Gasteiger partial charge in [0.05, 0.1) is 5.39 Å². The van der Waals surface area contributed by atoms with Gasteiger partial charge >= 0.3 is 5.63 Å². The van der Waals surface area contributed by atoms with E-state index < -0.39 is 6.10 Å². The monoisotopic (exact) mass is 409 g/mol. The van der Waals surface area contributed by atoms with Gasteiger partial charge in [0.2, 0.25) is 0 Å². The summed E-state index contributed by atoms with van der Waals surface area (Å²) >= 11 is 0. The molecule has 3 rings (SSSR count). The van der Waals surface area contributed by atoms with Crippen molar-refractivity contribution in [2.75, 3.05) is 13.2 Å². The van der Waals surface area contributed by atoms with E-state index in [0.717, 1.165) is 16.7 Å². The van der Waals surface area contributed by atoms with Crippen LogP contribution < -0.4 is 15.7 Å². The van der Waals surface area contributed by atoms with Crippen molar-refractivity contribution >= 4 is 16.9 Å². The molecular weight excluding hydrogens is 382 g/mol. The minimum atomic E-state index is -0.738. The fourth-order valence-corrected chi connectivity index (χ4v) is 3.41. The minimum Gasteiger partial charge on any atom is -0.480 e. The Balaban J connectivity index is 1.99. The molecule has 0 saturated heterocycles. The Hall–Kier alpha value is -3.12. The van der Waals surface area contributed by atoms with Crippen LogP contribution in [0.25, 0.3) is 11.0 Å². The summed E-state index contributed by atoms with van der Waals surface area (Å²) in [4.78, 5) is 25.0. The third-order valence-electron chi connectivity index (χ3n) is 5.02. The summed E-state index contributed by atoms with van der Waals surface area (Å²) in [7, 11) is 0. The quantitative estimate of drug-likeness (QED) is 0.440. The van der Waals surface area contributed by atoms with Gasteiger partial charge in [0.25, 0.3) is 5.91 Å². The topological polar surface area (TPSA) is 88.8 Å². The normalized spacial score (nSPS) is 12.0. The van der Waals surface area contributed by atoms with Gasteiger partial charge < -0.3 is 19.6 Å². The average Bonchev–Trinajstić information content (AvgIpc) is 2.71. The first-order valence-electron chi connectivity index (χ1n) is 10.1. The molecular formula is C24H27NO5. The molecule has 1 amide bonds. The standard InChI is InChI=1S/C24H27NO5/c1-15-12-20(29-17(3)23(27)25-10-7-11-26)22-16(2)19(24(28)30-21(22)13-15)14-18-8-5-4-6-9-18/h4-6,8-9,12-13,17,26H,7,10-11,14H2,1-3H3,(H,25,27)/t17-/m1/s1. The number of hydrogen-bond donors (Lipinski definition) is 2. The number of aliphatic hydroxyl groups is 1. The van der Waals surface area contributed by atoms with Crippen molar-refractivity contribution in [1.29, 1.82) is 0 Å². The van der Waals surface area contributed by atoms with Gasteiger partial charge in [0.15, 0.2) is 6.10 Å². The maximum Gasteiger partial charge on any atom is 0.340 e. The summed E-state index contributed by atoms with van der Waals surface area (Å²) < 4.78 is 11.6. The smallest absolute Gasteiger partial charge is 0.340 e. The van der Waals surface area contributed by atoms with E-state index in [-0.39, 0.29) is 18.1 Å². The zero-order valence-electron chi connectivity index (χ0n) is 17.5. The Morgan fingerprint density at radius 3 is 2.63 bits per heavy atom. The third kappa shape index (κ3) is 4.89. The lowest BCUT2D eigenvalue weighted by Gasteiger charge is -2.18. The lowest BCUT2D eigenvalue weighted by Crippen LogP contribution is -2.37. The van der Waals surface area contributed by atoms with E-state index in [0.29, 0.717) is 41.7 Å². The fraction of sp³-hybridized carbons (Fsp3) is 0.333. The number of amides is 1. The minimum absolute atomic E-state index is 0.0143. The molecule has 0 unspecified atom stereocenters. The number of ether oxygens (including phenoxy) is 1. The van der Waals surface area contributed by atoms with Gasteiger partial charge in [-0.05, 0) is 56.0 Å². The van der Waals surface area contributed by atoms with E-state index in [1.54, 1.807) is 13.0 Å². The first-order chi connectivity index (χ1) is 14.4. The van der Waals surface area contributed by atoms with E-state index in [2.05, 4.69) is 5.32 Å². The maximum atomic E-state index is 12.7. The van der Waals surface area contributed by atoms with E-state index in [1.165, 1.54) is 0 Å². The first kappa shape index (κ1) is 21.6. The van der Waals surface area contributed by atoms with Gasteiger partial charge in [0.1, 0.15) is 11.3 Å². The van der Waals surface area contributed by atoms with Crippen molar-refractivity contribution in [3.8, 4) is 5.75 Å². The number of carbonyl (C=O) groups excluding carboxylic acids is 1. The Morgan fingerprint density at radius 1 is 1.20 bits per heavy atom. The number of benzene rings is 2. The predicted molar refractivity (Wildman–Crippen MR) is 116 cm³/mol. The molecule has 0 spiro atoms. The predicted octanol–water partition coefficient (Wildman–Crippen LogP) is 3.27. The van der Waals surface area contributed by atoms with E-state index >= 15 is 0 Å². The molecule has 0 fully saturated rings. The molecule has 6 heteroatoms. The van der Waals surface area contributed by atoms with Crippen molar-refractivity contribution in [2.24, 2.45) is 0 Å². The summed E-state index contributed by atoms with van der Waals surface area (Å²) in [6, 6.07) is 13.4. The van der Waals surface area contributed by atoms with E-state index in [4.69, 9.17) is 14.3 Å². The summed E-state index contributed by atoms with van der Waals surface area (Å²) in [5, 5.41) is 12.3. The van der Waals surface area contributed by atoms with Crippen LogP contribution >= 0.6 is 0 Å². The van der Waals surface area contributed by atoms with Crippen molar-refractivity contribution in [2.45, 2.75) is 39.7 Å². The van der Waals surface area contributed by atoms with Crippen LogP contribution in [0.4, 0.5) is 0 Å². The van der Waals surface area contributed by atoms with Crippen LogP contribution in [0.5, 0.6) is 5.75 Å². The number of fused-ring (bicyclic) bond motifs is 1. The van der Waals surface area contributed by atoms with Crippen LogP contribution in [0, 0.1) is 13.8 Å². The lowest BCUT2D eigenvalue weighted by atomic mass is 9.98. The highest BCUT2D eigenvalue weighted by Crippen LogP contribution is 2.32. The van der Waals surface area contributed by atoms with Gasteiger partial charge in [-0.1, -0.05) is 30.3 Å². The number of rotatable bonds is 8. The molecule has 0 aliphatic carbocycles. The second-order valence-electron chi connectivity index (χ2n) is 7.42. The van der Waals surface area contributed by atoms with Crippen LogP contribution in [-0.2, 0) is 11.2 Å². The summed E-state index contributed by atoms with van der Waals surface area (Å²) in [6.07, 6.45) is 0.201. The second-order valence-corrected chi connectivity index (χ2v) is 7.42. The van der Waals surface area contributed by atoms with E-state index in [1.807, 2.05) is 50.2 Å². The maximum absolute atomic E-state index is 12.7. The highest BCUT2D eigenvalue weighted by molar-refractivity contribution is 5.89. The summed E-state index contributed by atoms with van der Waals surface area (Å²) in [5.41, 5.74) is 3.31. The first-order valence-corrected chi connectivity index (χ1v) is 10.1. The molecule has 6 nitrogen and oxygen atoms in total. The van der Waals surface area contributed by atoms with E-state index in [9.17, 15) is 9.59 Å². The molecule has 1 atom stereocenters. The lowest BCUT2D eigenvalue weighted by molar-refractivity contribution is -0.127. The molecule has 0 aliphatic heterocycles. The number of carbonyl (C=O) groups is 1. The van der Waals surface area contributed by atoms with Crippen LogP contribution in [0.2, 0.25) is 0 Å². The average molecular weight is 409 g/mol. The summed E-state index contributed by atoms with van der Waals surface area (Å²) in [5.74, 6) is 0.239. The molecule has 2 aromatic carbocycles. The molecule has 2 N–H and O–H groups in total. The molecule has 0 saturated carbocycles. The molecule has 0 radical (unpaired) electrons. The molecule has 30 heavy (non-hydrogen) atoms. The molecule has 158 valence electrons. The largest absolute Gasteiger partial charge is 0.480 e. The highest BCUT2D eigenvalue weighted by Gasteiger charge is 2.20. The van der Waals surface area contributed by atoms with Crippen molar-refractivity contribution < 1.29 is 19.1 Å². The second kappa shape index (κ2) is 9.59. The fourth-order valence-electron chi connectivity index (χ4n) is 3.41. The zero-order valence-corrected chi connectivity index (χ0v) is 17.5. The number of nitrogens with one attached hydrogen (secondary N) is 1. The van der Waals surface area contributed by atoms with Crippen LogP contribution in [0.3, 0.4) is 0 Å². The Kier molecular flexibility index (Phi) is 6.90. The molecule has 0 aliphatic rings. The van der Waals surface area contributed by atoms with Crippen molar-refractivity contribution in [3.63, 3.8) is 0 Å². The van der Waals surface area contributed by atoms with Crippen molar-refractivity contribution in [3.05, 3.63) is 75.1 Å². The van der Waals surface area contributed by atoms with Crippen molar-refractivity contribution in [1.82, 2.24) is 5.32 Å². The SMILES string of the molecule is Cc1cc(O[C@H](C)C(=O)NCCCO)c2c(C)c(Cc3ccccc3)c(=O)oc2c1. The number of aliphatic hydroxyl groups excluding tert-OH is 1. The Bertz CT molecular complexity index is 1090. The van der Waals surface area contributed by atoms with Gasteiger partial charge in [-0.15, -0.1) is 0 Å². The molecule has 1 heterocycles. The number of hydrogen-bond acceptors (Lipinski definition) is 5. The Labute approximate surface area is 175 Å².